The number of pyridine rings is 1. The second-order valence-corrected chi connectivity index (χ2v) is 7.03. The molecule has 0 amide bonds. The van der Waals surface area contributed by atoms with E-state index in [4.69, 9.17) is 21.4 Å². The quantitative estimate of drug-likeness (QED) is 0.651. The third kappa shape index (κ3) is 4.49. The summed E-state index contributed by atoms with van der Waals surface area (Å²) in [4.78, 5) is 18.2. The fourth-order valence-corrected chi connectivity index (χ4v) is 3.17. The lowest BCUT2D eigenvalue weighted by Gasteiger charge is -2.11. The van der Waals surface area contributed by atoms with Crippen molar-refractivity contribution >= 4 is 17.6 Å². The monoisotopic (exact) mass is 418 g/mol. The first kappa shape index (κ1) is 19.2. The predicted octanol–water partition coefficient (Wildman–Crippen LogP) is 2.55. The summed E-state index contributed by atoms with van der Waals surface area (Å²) in [6.07, 6.45) is 1.92. The van der Waals surface area contributed by atoms with E-state index in [0.29, 0.717) is 43.3 Å². The number of hydrogen-bond acceptors (Lipinski definition) is 7. The summed E-state index contributed by atoms with van der Waals surface area (Å²) in [6.45, 7) is 1.60. The Morgan fingerprint density at radius 3 is 2.83 bits per heavy atom. The molecule has 29 heavy (non-hydrogen) atoms. The lowest BCUT2D eigenvalue weighted by molar-refractivity contribution is -0.141. The smallest absolute Gasteiger partial charge is 0.307 e. The molecule has 11 heteroatoms. The van der Waals surface area contributed by atoms with Gasteiger partial charge in [-0.1, -0.05) is 11.6 Å². The Labute approximate surface area is 169 Å². The molecule has 1 aromatic carbocycles. The van der Waals surface area contributed by atoms with Crippen LogP contribution in [0.1, 0.15) is 12.2 Å². The second-order valence-electron chi connectivity index (χ2n) is 6.59. The number of rotatable bonds is 6. The Hall–Kier alpha value is -3.11. The van der Waals surface area contributed by atoms with E-state index in [9.17, 15) is 9.18 Å². The molecule has 2 aromatic heterocycles. The van der Waals surface area contributed by atoms with Gasteiger partial charge in [-0.3, -0.25) is 9.69 Å². The fraction of sp³-hybridized carbons (Fsp3) is 0.278. The molecule has 1 saturated heterocycles. The Bertz CT molecular complexity index is 1030. The van der Waals surface area contributed by atoms with Crippen LogP contribution in [0.4, 0.5) is 4.39 Å². The van der Waals surface area contributed by atoms with Crippen molar-refractivity contribution in [1.82, 2.24) is 30.1 Å². The van der Waals surface area contributed by atoms with Crippen LogP contribution in [0, 0.1) is 11.7 Å². The van der Waals surface area contributed by atoms with Gasteiger partial charge in [0.25, 0.3) is 5.88 Å². The third-order valence-electron chi connectivity index (χ3n) is 4.50. The van der Waals surface area contributed by atoms with Crippen LogP contribution < -0.4 is 4.74 Å². The Morgan fingerprint density at radius 2 is 2.14 bits per heavy atom. The van der Waals surface area contributed by atoms with Gasteiger partial charge in [-0.2, -0.15) is 0 Å². The molecule has 0 radical (unpaired) electrons. The van der Waals surface area contributed by atoms with Gasteiger partial charge in [-0.25, -0.2) is 9.37 Å². The Morgan fingerprint density at radius 1 is 1.34 bits per heavy atom. The van der Waals surface area contributed by atoms with Gasteiger partial charge >= 0.3 is 5.97 Å². The molecule has 9 nitrogen and oxygen atoms in total. The molecule has 3 aromatic rings. The average molecular weight is 419 g/mol. The highest BCUT2D eigenvalue weighted by Gasteiger charge is 2.28. The van der Waals surface area contributed by atoms with Crippen molar-refractivity contribution in [2.75, 3.05) is 13.1 Å². The molecular weight excluding hydrogens is 403 g/mol. The molecule has 150 valence electrons. The van der Waals surface area contributed by atoms with E-state index in [2.05, 4.69) is 20.4 Å². The number of benzene rings is 1. The molecule has 1 fully saturated rings. The first-order chi connectivity index (χ1) is 14.0. The largest absolute Gasteiger partial charge is 0.481 e. The number of carbonyl (C=O) groups is 1. The number of carboxylic acid groups (broad SMARTS) is 1. The number of aliphatic carboxylic acids is 1. The maximum Gasteiger partial charge on any atom is 0.307 e. The van der Waals surface area contributed by atoms with E-state index in [1.807, 2.05) is 4.90 Å². The molecule has 4 rings (SSSR count). The van der Waals surface area contributed by atoms with Gasteiger partial charge < -0.3 is 9.84 Å². The SMILES string of the molecule is O=C(O)C1CCN(Cc2nnn(-c3ccc(Oc4ncc(Cl)cc4F)cc3)n2)C1. The number of ether oxygens (including phenoxy) is 1. The van der Waals surface area contributed by atoms with E-state index in [1.54, 1.807) is 24.3 Å². The lowest BCUT2D eigenvalue weighted by Crippen LogP contribution is -2.23. The summed E-state index contributed by atoms with van der Waals surface area (Å²) in [5, 5.41) is 21.6. The Kier molecular flexibility index (Phi) is 5.36. The zero-order valence-electron chi connectivity index (χ0n) is 15.1. The van der Waals surface area contributed by atoms with Crippen LogP contribution in [0.15, 0.2) is 36.5 Å². The summed E-state index contributed by atoms with van der Waals surface area (Å²) in [6, 6.07) is 7.78. The number of halogens is 2. The number of nitrogens with zero attached hydrogens (tertiary/aromatic N) is 6. The van der Waals surface area contributed by atoms with Crippen LogP contribution in [0.2, 0.25) is 5.02 Å². The van der Waals surface area contributed by atoms with Crippen molar-refractivity contribution in [3.05, 3.63) is 53.2 Å². The normalized spacial score (nSPS) is 16.8. The van der Waals surface area contributed by atoms with Crippen molar-refractivity contribution in [1.29, 1.82) is 0 Å². The average Bonchev–Trinajstić information content (AvgIpc) is 3.35. The number of hydrogen-bond donors (Lipinski definition) is 1. The summed E-state index contributed by atoms with van der Waals surface area (Å²) in [5.74, 6) is -1.06. The van der Waals surface area contributed by atoms with E-state index >= 15 is 0 Å². The number of aromatic nitrogens is 5. The molecule has 0 saturated carbocycles. The highest BCUT2D eigenvalue weighted by atomic mass is 35.5. The van der Waals surface area contributed by atoms with Gasteiger partial charge in [-0.05, 0) is 48.5 Å². The minimum atomic E-state index is -0.778. The van der Waals surface area contributed by atoms with E-state index in [-0.39, 0.29) is 16.8 Å². The maximum absolute atomic E-state index is 13.8. The van der Waals surface area contributed by atoms with Crippen molar-refractivity contribution in [3.8, 4) is 17.3 Å². The minimum Gasteiger partial charge on any atom is -0.481 e. The van der Waals surface area contributed by atoms with Crippen molar-refractivity contribution in [2.45, 2.75) is 13.0 Å². The number of likely N-dealkylation sites (tertiary alicyclic amines) is 1. The van der Waals surface area contributed by atoms with Crippen LogP contribution in [0.3, 0.4) is 0 Å². The molecule has 1 atom stereocenters. The van der Waals surface area contributed by atoms with Crippen molar-refractivity contribution in [3.63, 3.8) is 0 Å². The molecule has 1 unspecified atom stereocenters. The van der Waals surface area contributed by atoms with Gasteiger partial charge in [0.15, 0.2) is 11.6 Å². The van der Waals surface area contributed by atoms with E-state index in [0.717, 1.165) is 6.07 Å². The first-order valence-corrected chi connectivity index (χ1v) is 9.19. The van der Waals surface area contributed by atoms with Crippen LogP contribution in [-0.2, 0) is 11.3 Å². The van der Waals surface area contributed by atoms with E-state index in [1.165, 1.54) is 11.0 Å². The number of carboxylic acids is 1. The molecular formula is C18H16ClFN6O3. The highest BCUT2D eigenvalue weighted by molar-refractivity contribution is 6.30. The van der Waals surface area contributed by atoms with Crippen molar-refractivity contribution in [2.24, 2.45) is 5.92 Å². The van der Waals surface area contributed by atoms with Crippen molar-refractivity contribution < 1.29 is 19.0 Å². The standard InChI is InChI=1S/C18H16ClFN6O3/c19-12-7-15(20)17(21-8-12)29-14-3-1-13(2-4-14)26-23-16(22-24-26)10-25-6-5-11(9-25)18(27)28/h1-4,7-8,11H,5-6,9-10H2,(H,27,28). The van der Waals surface area contributed by atoms with Gasteiger partial charge in [0, 0.05) is 12.7 Å². The zero-order valence-corrected chi connectivity index (χ0v) is 15.8. The molecule has 1 aliphatic heterocycles. The Balaban J connectivity index is 1.40. The maximum atomic E-state index is 13.8. The van der Waals surface area contributed by atoms with Gasteiger partial charge in [0.2, 0.25) is 0 Å². The summed E-state index contributed by atoms with van der Waals surface area (Å²) >= 11 is 5.68. The topological polar surface area (TPSA) is 106 Å². The lowest BCUT2D eigenvalue weighted by atomic mass is 10.1. The fourth-order valence-electron chi connectivity index (χ4n) is 3.03. The predicted molar refractivity (Wildman–Crippen MR) is 99.5 cm³/mol. The van der Waals surface area contributed by atoms with Gasteiger partial charge in [0.05, 0.1) is 23.2 Å². The summed E-state index contributed by atoms with van der Waals surface area (Å²) < 4.78 is 19.2. The second kappa shape index (κ2) is 8.10. The van der Waals surface area contributed by atoms with E-state index < -0.39 is 11.8 Å². The number of tetrazole rings is 1. The molecule has 1 aliphatic rings. The van der Waals surface area contributed by atoms with Crippen LogP contribution in [0.5, 0.6) is 11.6 Å². The molecule has 0 spiro atoms. The zero-order chi connectivity index (χ0) is 20.4. The molecule has 0 bridgehead atoms. The van der Waals surface area contributed by atoms with Crippen LogP contribution in [0.25, 0.3) is 5.69 Å². The van der Waals surface area contributed by atoms with Gasteiger partial charge in [0.1, 0.15) is 5.75 Å². The summed E-state index contributed by atoms with van der Waals surface area (Å²) in [5.41, 5.74) is 0.644. The minimum absolute atomic E-state index is 0.173. The van der Waals surface area contributed by atoms with Crippen LogP contribution >= 0.6 is 11.6 Å². The summed E-state index contributed by atoms with van der Waals surface area (Å²) in [7, 11) is 0. The molecule has 0 aliphatic carbocycles. The third-order valence-corrected chi connectivity index (χ3v) is 4.70. The molecule has 3 heterocycles. The molecule has 1 N–H and O–H groups in total. The first-order valence-electron chi connectivity index (χ1n) is 8.81. The van der Waals surface area contributed by atoms with Gasteiger partial charge in [-0.15, -0.1) is 15.0 Å². The van der Waals surface area contributed by atoms with Crippen LogP contribution in [-0.4, -0.2) is 54.3 Å². The highest BCUT2D eigenvalue weighted by Crippen LogP contribution is 2.25.